The summed E-state index contributed by atoms with van der Waals surface area (Å²) in [5.74, 6) is 0.571. The first-order valence-electron chi connectivity index (χ1n) is 5.71. The van der Waals surface area contributed by atoms with Crippen LogP contribution in [0.2, 0.25) is 0 Å². The summed E-state index contributed by atoms with van der Waals surface area (Å²) in [6.45, 7) is 3.96. The second-order valence-corrected chi connectivity index (χ2v) is 3.83. The van der Waals surface area contributed by atoms with Crippen molar-refractivity contribution < 1.29 is 13.5 Å². The van der Waals surface area contributed by atoms with Crippen molar-refractivity contribution in [1.82, 2.24) is 15.2 Å². The minimum atomic E-state index is -2.67. The van der Waals surface area contributed by atoms with Crippen molar-refractivity contribution in [3.05, 3.63) is 54.1 Å². The zero-order chi connectivity index (χ0) is 13.7. The number of para-hydroxylation sites is 1. The van der Waals surface area contributed by atoms with Crippen LogP contribution in [0, 0.1) is 0 Å². The molecule has 0 bridgehead atoms. The lowest BCUT2D eigenvalue weighted by Gasteiger charge is -2.08. The highest BCUT2D eigenvalue weighted by Crippen LogP contribution is 2.21. The van der Waals surface area contributed by atoms with E-state index in [2.05, 4.69) is 21.8 Å². The van der Waals surface area contributed by atoms with E-state index in [1.165, 1.54) is 0 Å². The van der Waals surface area contributed by atoms with Gasteiger partial charge >= 0.3 is 0 Å². The van der Waals surface area contributed by atoms with Crippen LogP contribution >= 0.6 is 0 Å². The fraction of sp³-hybridized carbons (Fsp3) is 0.231. The Morgan fingerprint density at radius 3 is 2.84 bits per heavy atom. The highest BCUT2D eigenvalue weighted by atomic mass is 19.3. The van der Waals surface area contributed by atoms with Gasteiger partial charge in [-0.05, 0) is 6.07 Å². The molecule has 19 heavy (non-hydrogen) atoms. The van der Waals surface area contributed by atoms with Gasteiger partial charge in [0.2, 0.25) is 5.82 Å². The van der Waals surface area contributed by atoms with Crippen LogP contribution in [0.15, 0.2) is 36.9 Å². The number of hydrogen-bond acceptors (Lipinski definition) is 3. The van der Waals surface area contributed by atoms with Crippen molar-refractivity contribution in [2.24, 2.45) is 0 Å². The zero-order valence-corrected chi connectivity index (χ0v) is 10.1. The summed E-state index contributed by atoms with van der Waals surface area (Å²) in [7, 11) is 0. The molecule has 0 aliphatic carbocycles. The Labute approximate surface area is 109 Å². The number of nitrogens with zero attached hydrogens (tertiary/aromatic N) is 2. The predicted octanol–water partition coefficient (Wildman–Crippen LogP) is 2.90. The molecule has 4 nitrogen and oxygen atoms in total. The Morgan fingerprint density at radius 1 is 1.37 bits per heavy atom. The van der Waals surface area contributed by atoms with Gasteiger partial charge in [-0.1, -0.05) is 30.9 Å². The van der Waals surface area contributed by atoms with Crippen molar-refractivity contribution in [2.45, 2.75) is 12.8 Å². The maximum absolute atomic E-state index is 12.4. The average Bonchev–Trinajstić information content (AvgIpc) is 2.86. The third-order valence-electron chi connectivity index (χ3n) is 2.43. The zero-order valence-electron chi connectivity index (χ0n) is 10.1. The Balaban J connectivity index is 2.15. The highest BCUT2D eigenvalue weighted by molar-refractivity contribution is 5.35. The van der Waals surface area contributed by atoms with Crippen LogP contribution in [0.25, 0.3) is 0 Å². The first-order valence-corrected chi connectivity index (χ1v) is 5.71. The molecule has 6 heteroatoms. The number of rotatable bonds is 6. The smallest absolute Gasteiger partial charge is 0.299 e. The Morgan fingerprint density at radius 2 is 2.16 bits per heavy atom. The number of halogens is 2. The fourth-order valence-electron chi connectivity index (χ4n) is 1.61. The summed E-state index contributed by atoms with van der Waals surface area (Å²) < 4.78 is 30.3. The summed E-state index contributed by atoms with van der Waals surface area (Å²) in [4.78, 5) is 3.73. The summed E-state index contributed by atoms with van der Waals surface area (Å²) >= 11 is 0. The van der Waals surface area contributed by atoms with E-state index >= 15 is 0 Å². The summed E-state index contributed by atoms with van der Waals surface area (Å²) in [6.07, 6.45) is -0.676. The second kappa shape index (κ2) is 6.08. The number of aromatic amines is 1. The molecule has 0 aliphatic rings. The van der Waals surface area contributed by atoms with Crippen LogP contribution in [-0.4, -0.2) is 21.8 Å². The van der Waals surface area contributed by atoms with E-state index in [0.29, 0.717) is 24.6 Å². The lowest BCUT2D eigenvalue weighted by molar-refractivity contribution is 0.140. The van der Waals surface area contributed by atoms with Crippen LogP contribution in [0.1, 0.15) is 23.6 Å². The molecule has 0 fully saturated rings. The molecule has 0 saturated carbocycles. The summed E-state index contributed by atoms with van der Waals surface area (Å²) in [6, 6.07) is 7.35. The molecule has 100 valence electrons. The molecule has 2 rings (SSSR count). The highest BCUT2D eigenvalue weighted by Gasteiger charge is 2.14. The molecule has 1 aromatic heterocycles. The molecular formula is C13H13F2N3O. The number of ether oxygens (including phenoxy) is 1. The van der Waals surface area contributed by atoms with Gasteiger partial charge in [-0.25, -0.2) is 13.8 Å². The minimum Gasteiger partial charge on any atom is -0.489 e. The van der Waals surface area contributed by atoms with Crippen LogP contribution in [0.3, 0.4) is 0 Å². The van der Waals surface area contributed by atoms with Gasteiger partial charge in [-0.2, -0.15) is 5.10 Å². The van der Waals surface area contributed by atoms with Crippen LogP contribution in [-0.2, 0) is 6.42 Å². The second-order valence-electron chi connectivity index (χ2n) is 3.83. The molecular weight excluding hydrogens is 252 g/mol. The van der Waals surface area contributed by atoms with Crippen molar-refractivity contribution in [2.75, 3.05) is 6.61 Å². The minimum absolute atomic E-state index is 0.354. The lowest BCUT2D eigenvalue weighted by atomic mass is 10.1. The van der Waals surface area contributed by atoms with Gasteiger partial charge in [0.1, 0.15) is 18.2 Å². The third kappa shape index (κ3) is 3.37. The first-order chi connectivity index (χ1) is 9.20. The first kappa shape index (κ1) is 13.2. The molecule has 1 aromatic carbocycles. The molecule has 0 amide bonds. The Bertz CT molecular complexity index is 554. The molecule has 0 radical (unpaired) electrons. The number of benzene rings is 1. The maximum atomic E-state index is 12.4. The summed E-state index contributed by atoms with van der Waals surface area (Å²) in [5.41, 5.74) is 0.848. The molecule has 0 unspecified atom stereocenters. The predicted molar refractivity (Wildman–Crippen MR) is 66.3 cm³/mol. The molecule has 0 aliphatic heterocycles. The fourth-order valence-corrected chi connectivity index (χ4v) is 1.61. The molecule has 1 heterocycles. The van der Waals surface area contributed by atoms with E-state index in [4.69, 9.17) is 4.74 Å². The molecule has 1 N–H and O–H groups in total. The van der Waals surface area contributed by atoms with Gasteiger partial charge in [0.05, 0.1) is 0 Å². The maximum Gasteiger partial charge on any atom is 0.299 e. The molecule has 2 aromatic rings. The summed E-state index contributed by atoms with van der Waals surface area (Å²) in [5, 5.41) is 5.96. The third-order valence-corrected chi connectivity index (χ3v) is 2.43. The number of alkyl halides is 2. The molecule has 0 atom stereocenters. The number of hydrogen-bond donors (Lipinski definition) is 1. The van der Waals surface area contributed by atoms with E-state index in [-0.39, 0.29) is 0 Å². The van der Waals surface area contributed by atoms with E-state index in [1.807, 2.05) is 24.3 Å². The number of aromatic nitrogens is 3. The Hall–Kier alpha value is -2.24. The van der Waals surface area contributed by atoms with Crippen LogP contribution in [0.4, 0.5) is 8.78 Å². The SMILES string of the molecule is C=CCOc1ccccc1Cc1nc(C(F)F)n[nH]1. The largest absolute Gasteiger partial charge is 0.489 e. The van der Waals surface area contributed by atoms with Crippen molar-refractivity contribution in [3.63, 3.8) is 0 Å². The van der Waals surface area contributed by atoms with Gasteiger partial charge in [0.25, 0.3) is 6.43 Å². The standard InChI is InChI=1S/C13H13F2N3O/c1-2-7-19-10-6-4-3-5-9(10)8-11-16-13(12(14)15)18-17-11/h2-6,12H,1,7-8H2,(H,16,17,18). The van der Waals surface area contributed by atoms with Crippen LogP contribution in [0.5, 0.6) is 5.75 Å². The molecule has 0 spiro atoms. The quantitative estimate of drug-likeness (QED) is 0.817. The normalized spacial score (nSPS) is 10.7. The van der Waals surface area contributed by atoms with E-state index in [9.17, 15) is 8.78 Å². The van der Waals surface area contributed by atoms with E-state index < -0.39 is 12.2 Å². The van der Waals surface area contributed by atoms with Crippen molar-refractivity contribution in [1.29, 1.82) is 0 Å². The van der Waals surface area contributed by atoms with E-state index in [0.717, 1.165) is 5.56 Å². The number of nitrogens with one attached hydrogen (secondary N) is 1. The van der Waals surface area contributed by atoms with Gasteiger partial charge in [-0.3, -0.25) is 5.10 Å². The molecule has 0 saturated heterocycles. The topological polar surface area (TPSA) is 50.8 Å². The lowest BCUT2D eigenvalue weighted by Crippen LogP contribution is -1.99. The van der Waals surface area contributed by atoms with Gasteiger partial charge < -0.3 is 4.74 Å². The van der Waals surface area contributed by atoms with Gasteiger partial charge in [0, 0.05) is 12.0 Å². The van der Waals surface area contributed by atoms with Gasteiger partial charge in [-0.15, -0.1) is 0 Å². The monoisotopic (exact) mass is 265 g/mol. The van der Waals surface area contributed by atoms with Crippen LogP contribution < -0.4 is 4.74 Å². The number of H-pyrrole nitrogens is 1. The van der Waals surface area contributed by atoms with Crippen molar-refractivity contribution in [3.8, 4) is 5.75 Å². The van der Waals surface area contributed by atoms with Gasteiger partial charge in [0.15, 0.2) is 0 Å². The average molecular weight is 265 g/mol. The Kier molecular flexibility index (Phi) is 4.22. The van der Waals surface area contributed by atoms with E-state index in [1.54, 1.807) is 6.08 Å². The van der Waals surface area contributed by atoms with Crippen molar-refractivity contribution >= 4 is 0 Å².